The van der Waals surface area contributed by atoms with E-state index in [1.807, 2.05) is 6.92 Å². The number of aryl methyl sites for hydroxylation is 3. The molecule has 0 radical (unpaired) electrons. The van der Waals surface area contributed by atoms with Gasteiger partial charge in [-0.05, 0) is 45.4 Å². The predicted octanol–water partition coefficient (Wildman–Crippen LogP) is 2.87. The highest BCUT2D eigenvalue weighted by atomic mass is 15.3. The summed E-state index contributed by atoms with van der Waals surface area (Å²) in [5.74, 6) is 0.860. The Hall–Kier alpha value is -1.94. The van der Waals surface area contributed by atoms with Gasteiger partial charge in [0.05, 0.1) is 5.69 Å². The number of benzene rings is 1. The fraction of sp³-hybridized carbons (Fsp3) is 0.444. The molecule has 1 saturated heterocycles. The van der Waals surface area contributed by atoms with Crippen molar-refractivity contribution >= 4 is 5.95 Å². The van der Waals surface area contributed by atoms with Gasteiger partial charge >= 0.3 is 0 Å². The Balaban J connectivity index is 1.98. The molecule has 4 heteroatoms. The minimum absolute atomic E-state index is 0.860. The second-order valence-electron chi connectivity index (χ2n) is 6.10. The van der Waals surface area contributed by atoms with Gasteiger partial charge in [0, 0.05) is 30.9 Å². The topological polar surface area (TPSA) is 41.1 Å². The lowest BCUT2D eigenvalue weighted by molar-refractivity contribution is 0.724. The molecule has 3 rings (SSSR count). The van der Waals surface area contributed by atoms with Crippen LogP contribution in [0.1, 0.15) is 23.2 Å². The molecule has 1 aliphatic heterocycles. The lowest BCUT2D eigenvalue weighted by Crippen LogP contribution is -2.29. The van der Waals surface area contributed by atoms with Crippen LogP contribution in [0.2, 0.25) is 0 Å². The van der Waals surface area contributed by atoms with Gasteiger partial charge in [-0.25, -0.2) is 9.97 Å². The first-order chi connectivity index (χ1) is 10.6. The largest absolute Gasteiger partial charge is 0.339 e. The summed E-state index contributed by atoms with van der Waals surface area (Å²) in [4.78, 5) is 11.8. The fourth-order valence-corrected chi connectivity index (χ4v) is 2.98. The molecule has 0 unspecified atom stereocenters. The number of hydrogen-bond acceptors (Lipinski definition) is 4. The summed E-state index contributed by atoms with van der Waals surface area (Å²) in [6.07, 6.45) is 1.14. The Bertz CT molecular complexity index is 658. The van der Waals surface area contributed by atoms with E-state index < -0.39 is 0 Å². The van der Waals surface area contributed by atoms with E-state index in [1.165, 1.54) is 16.7 Å². The number of aromatic nitrogens is 2. The molecule has 1 aromatic carbocycles. The first-order valence-corrected chi connectivity index (χ1v) is 8.02. The molecule has 0 aliphatic carbocycles. The molecule has 0 amide bonds. The number of rotatable bonds is 2. The zero-order chi connectivity index (χ0) is 15.5. The molecule has 1 aliphatic rings. The van der Waals surface area contributed by atoms with E-state index in [4.69, 9.17) is 4.98 Å². The Kier molecular flexibility index (Phi) is 4.39. The SMILES string of the molecule is Cc1ccc(-c2cc(C)nc(N3CCCNCC3)n2)c(C)c1. The standard InChI is InChI=1S/C18H24N4/c1-13-5-6-16(14(2)11-13)17-12-15(3)20-18(21-17)22-9-4-7-19-8-10-22/h5-6,11-12,19H,4,7-10H2,1-3H3. The van der Waals surface area contributed by atoms with Crippen LogP contribution in [-0.4, -0.2) is 36.1 Å². The monoisotopic (exact) mass is 296 g/mol. The van der Waals surface area contributed by atoms with Gasteiger partial charge in [0.25, 0.3) is 0 Å². The summed E-state index contributed by atoms with van der Waals surface area (Å²) in [5, 5.41) is 3.43. The third kappa shape index (κ3) is 3.28. The second-order valence-corrected chi connectivity index (χ2v) is 6.10. The van der Waals surface area contributed by atoms with Crippen molar-refractivity contribution in [3.8, 4) is 11.3 Å². The van der Waals surface area contributed by atoms with Crippen LogP contribution in [-0.2, 0) is 0 Å². The molecule has 0 atom stereocenters. The first-order valence-electron chi connectivity index (χ1n) is 8.02. The predicted molar refractivity (Wildman–Crippen MR) is 91.4 cm³/mol. The van der Waals surface area contributed by atoms with E-state index in [9.17, 15) is 0 Å². The quantitative estimate of drug-likeness (QED) is 0.925. The van der Waals surface area contributed by atoms with Gasteiger partial charge in [-0.15, -0.1) is 0 Å². The van der Waals surface area contributed by atoms with Crippen molar-refractivity contribution in [2.45, 2.75) is 27.2 Å². The van der Waals surface area contributed by atoms with Crippen LogP contribution in [0.3, 0.4) is 0 Å². The molecule has 0 bridgehead atoms. The summed E-state index contributed by atoms with van der Waals surface area (Å²) in [6, 6.07) is 8.61. The molecule has 116 valence electrons. The van der Waals surface area contributed by atoms with Crippen LogP contribution in [0, 0.1) is 20.8 Å². The molecule has 2 aromatic rings. The van der Waals surface area contributed by atoms with Gasteiger partial charge in [-0.3, -0.25) is 0 Å². The van der Waals surface area contributed by atoms with Gasteiger partial charge in [-0.1, -0.05) is 23.8 Å². The third-order valence-corrected chi connectivity index (χ3v) is 4.12. The zero-order valence-electron chi connectivity index (χ0n) is 13.7. The summed E-state index contributed by atoms with van der Waals surface area (Å²) in [6.45, 7) is 10.4. The molecule has 0 saturated carbocycles. The van der Waals surface area contributed by atoms with Gasteiger partial charge in [0.2, 0.25) is 5.95 Å². The smallest absolute Gasteiger partial charge is 0.226 e. The second kappa shape index (κ2) is 6.44. The number of nitrogens with one attached hydrogen (secondary N) is 1. The van der Waals surface area contributed by atoms with Crippen LogP contribution >= 0.6 is 0 Å². The van der Waals surface area contributed by atoms with Crippen LogP contribution in [0.5, 0.6) is 0 Å². The van der Waals surface area contributed by atoms with Crippen molar-refractivity contribution in [1.29, 1.82) is 0 Å². The summed E-state index contributed by atoms with van der Waals surface area (Å²) in [5.41, 5.74) is 5.80. The highest BCUT2D eigenvalue weighted by molar-refractivity contribution is 5.65. The van der Waals surface area contributed by atoms with Crippen LogP contribution < -0.4 is 10.2 Å². The molecule has 0 spiro atoms. The van der Waals surface area contributed by atoms with Gasteiger partial charge < -0.3 is 10.2 Å². The van der Waals surface area contributed by atoms with E-state index in [2.05, 4.69) is 53.3 Å². The maximum absolute atomic E-state index is 4.85. The van der Waals surface area contributed by atoms with Gasteiger partial charge in [-0.2, -0.15) is 0 Å². The third-order valence-electron chi connectivity index (χ3n) is 4.12. The number of nitrogens with zero attached hydrogens (tertiary/aromatic N) is 3. The van der Waals surface area contributed by atoms with Crippen LogP contribution in [0.25, 0.3) is 11.3 Å². The molecule has 1 N–H and O–H groups in total. The minimum Gasteiger partial charge on any atom is -0.339 e. The average molecular weight is 296 g/mol. The van der Waals surface area contributed by atoms with E-state index >= 15 is 0 Å². The number of anilines is 1. The zero-order valence-corrected chi connectivity index (χ0v) is 13.7. The number of hydrogen-bond donors (Lipinski definition) is 1. The van der Waals surface area contributed by atoms with Crippen molar-refractivity contribution in [3.05, 3.63) is 41.1 Å². The Morgan fingerprint density at radius 1 is 1.00 bits per heavy atom. The van der Waals surface area contributed by atoms with Crippen LogP contribution in [0.15, 0.2) is 24.3 Å². The highest BCUT2D eigenvalue weighted by Gasteiger charge is 2.14. The van der Waals surface area contributed by atoms with Gasteiger partial charge in [0.1, 0.15) is 0 Å². The molecule has 4 nitrogen and oxygen atoms in total. The maximum atomic E-state index is 4.85. The Morgan fingerprint density at radius 3 is 2.68 bits per heavy atom. The van der Waals surface area contributed by atoms with Crippen molar-refractivity contribution < 1.29 is 0 Å². The fourth-order valence-electron chi connectivity index (χ4n) is 2.98. The average Bonchev–Trinajstić information content (AvgIpc) is 2.75. The van der Waals surface area contributed by atoms with Crippen molar-refractivity contribution in [1.82, 2.24) is 15.3 Å². The summed E-state index contributed by atoms with van der Waals surface area (Å²) >= 11 is 0. The highest BCUT2D eigenvalue weighted by Crippen LogP contribution is 2.25. The summed E-state index contributed by atoms with van der Waals surface area (Å²) in [7, 11) is 0. The Labute approximate surface area is 132 Å². The van der Waals surface area contributed by atoms with E-state index in [0.717, 1.165) is 49.9 Å². The molecule has 2 heterocycles. The van der Waals surface area contributed by atoms with Crippen molar-refractivity contribution in [2.75, 3.05) is 31.1 Å². The van der Waals surface area contributed by atoms with Crippen molar-refractivity contribution in [3.63, 3.8) is 0 Å². The molecule has 1 aromatic heterocycles. The van der Waals surface area contributed by atoms with Crippen molar-refractivity contribution in [2.24, 2.45) is 0 Å². The lowest BCUT2D eigenvalue weighted by atomic mass is 10.0. The molecular formula is C18H24N4. The maximum Gasteiger partial charge on any atom is 0.226 e. The Morgan fingerprint density at radius 2 is 1.86 bits per heavy atom. The summed E-state index contributed by atoms with van der Waals surface area (Å²) < 4.78 is 0. The van der Waals surface area contributed by atoms with E-state index in [-0.39, 0.29) is 0 Å². The van der Waals surface area contributed by atoms with E-state index in [1.54, 1.807) is 0 Å². The first kappa shape index (κ1) is 15.0. The van der Waals surface area contributed by atoms with E-state index in [0.29, 0.717) is 0 Å². The van der Waals surface area contributed by atoms with Crippen LogP contribution in [0.4, 0.5) is 5.95 Å². The van der Waals surface area contributed by atoms with Gasteiger partial charge in [0.15, 0.2) is 0 Å². The normalized spacial score (nSPS) is 15.7. The lowest BCUT2D eigenvalue weighted by Gasteiger charge is -2.21. The molecule has 22 heavy (non-hydrogen) atoms. The molecular weight excluding hydrogens is 272 g/mol. The molecule has 1 fully saturated rings. The minimum atomic E-state index is 0.860.